The summed E-state index contributed by atoms with van der Waals surface area (Å²) in [6.45, 7) is 5.08. The number of benzene rings is 1. The zero-order chi connectivity index (χ0) is 13.3. The molecule has 1 aliphatic rings. The van der Waals surface area contributed by atoms with E-state index in [1.807, 2.05) is 11.0 Å². The minimum Gasteiger partial charge on any atom is -0.335 e. The Hall–Kier alpha value is -0.540. The van der Waals surface area contributed by atoms with Gasteiger partial charge in [-0.2, -0.15) is 0 Å². The molecule has 1 aliphatic carbocycles. The first-order valence-electron chi connectivity index (χ1n) is 6.25. The Bertz CT molecular complexity index is 457. The molecule has 98 valence electrons. The Balaban J connectivity index is 2.24. The fourth-order valence-electron chi connectivity index (χ4n) is 1.99. The van der Waals surface area contributed by atoms with Gasteiger partial charge in [0.15, 0.2) is 0 Å². The van der Waals surface area contributed by atoms with Gasteiger partial charge in [-0.3, -0.25) is 4.79 Å². The highest BCUT2D eigenvalue weighted by molar-refractivity contribution is 9.10. The normalized spacial score (nSPS) is 14.9. The molecule has 0 atom stereocenters. The fourth-order valence-corrected chi connectivity index (χ4v) is 2.58. The number of hydrogen-bond donors (Lipinski definition) is 0. The second-order valence-corrected chi connectivity index (χ2v) is 6.50. The van der Waals surface area contributed by atoms with E-state index in [9.17, 15) is 4.79 Å². The van der Waals surface area contributed by atoms with Gasteiger partial charge in [-0.25, -0.2) is 0 Å². The van der Waals surface area contributed by atoms with Crippen LogP contribution < -0.4 is 0 Å². The van der Waals surface area contributed by atoms with Crippen molar-refractivity contribution in [2.45, 2.75) is 32.7 Å². The van der Waals surface area contributed by atoms with Crippen LogP contribution in [0.4, 0.5) is 0 Å². The third-order valence-corrected chi connectivity index (χ3v) is 3.90. The first-order valence-corrected chi connectivity index (χ1v) is 7.42. The van der Waals surface area contributed by atoms with Gasteiger partial charge in [0.05, 0.1) is 5.56 Å². The number of nitrogens with zero attached hydrogens (tertiary/aromatic N) is 1. The quantitative estimate of drug-likeness (QED) is 0.803. The third-order valence-electron chi connectivity index (χ3n) is 2.97. The summed E-state index contributed by atoms with van der Waals surface area (Å²) in [6.07, 6.45) is 2.24. The van der Waals surface area contributed by atoms with Gasteiger partial charge in [0.2, 0.25) is 0 Å². The molecular weight excluding hydrogens is 314 g/mol. The Morgan fingerprint density at radius 1 is 1.50 bits per heavy atom. The van der Waals surface area contributed by atoms with Crippen molar-refractivity contribution in [2.75, 3.05) is 6.54 Å². The van der Waals surface area contributed by atoms with Crippen LogP contribution in [0.2, 0.25) is 5.02 Å². The van der Waals surface area contributed by atoms with E-state index in [0.717, 1.165) is 23.9 Å². The Morgan fingerprint density at radius 3 is 2.72 bits per heavy atom. The first kappa shape index (κ1) is 13.9. The van der Waals surface area contributed by atoms with Crippen LogP contribution in [0.15, 0.2) is 22.7 Å². The van der Waals surface area contributed by atoms with Crippen molar-refractivity contribution in [3.8, 4) is 0 Å². The standard InChI is InChI=1S/C14H17BrClNO/c1-9(2)8-17(11-4-5-11)14(18)12-7-10(16)3-6-13(12)15/h3,6-7,9,11H,4-5,8H2,1-2H3. The van der Waals surface area contributed by atoms with E-state index < -0.39 is 0 Å². The van der Waals surface area contributed by atoms with E-state index in [-0.39, 0.29) is 5.91 Å². The van der Waals surface area contributed by atoms with Gasteiger partial charge in [-0.1, -0.05) is 25.4 Å². The lowest BCUT2D eigenvalue weighted by atomic mass is 10.1. The highest BCUT2D eigenvalue weighted by Gasteiger charge is 2.33. The largest absolute Gasteiger partial charge is 0.335 e. The van der Waals surface area contributed by atoms with Crippen LogP contribution >= 0.6 is 27.5 Å². The second-order valence-electron chi connectivity index (χ2n) is 5.21. The first-order chi connectivity index (χ1) is 8.49. The Morgan fingerprint density at radius 2 is 2.17 bits per heavy atom. The summed E-state index contributed by atoms with van der Waals surface area (Å²) in [5, 5.41) is 0.599. The molecule has 0 heterocycles. The summed E-state index contributed by atoms with van der Waals surface area (Å²) in [5.74, 6) is 0.563. The Kier molecular flexibility index (Phi) is 4.33. The minimum absolute atomic E-state index is 0.0839. The van der Waals surface area contributed by atoms with Crippen molar-refractivity contribution < 1.29 is 4.79 Å². The molecule has 0 bridgehead atoms. The van der Waals surface area contributed by atoms with Crippen molar-refractivity contribution in [3.05, 3.63) is 33.3 Å². The molecule has 0 aliphatic heterocycles. The molecule has 1 aromatic rings. The summed E-state index contributed by atoms with van der Waals surface area (Å²) >= 11 is 9.40. The van der Waals surface area contributed by atoms with Crippen LogP contribution in [0, 0.1) is 5.92 Å². The maximum atomic E-state index is 12.6. The van der Waals surface area contributed by atoms with Crippen molar-refractivity contribution in [1.82, 2.24) is 4.90 Å². The zero-order valence-corrected chi connectivity index (χ0v) is 13.0. The zero-order valence-electron chi connectivity index (χ0n) is 10.6. The van der Waals surface area contributed by atoms with Crippen molar-refractivity contribution in [1.29, 1.82) is 0 Å². The molecule has 1 fully saturated rings. The fraction of sp³-hybridized carbons (Fsp3) is 0.500. The van der Waals surface area contributed by atoms with E-state index in [2.05, 4.69) is 29.8 Å². The van der Waals surface area contributed by atoms with Crippen LogP contribution in [0.3, 0.4) is 0 Å². The highest BCUT2D eigenvalue weighted by Crippen LogP contribution is 2.31. The van der Waals surface area contributed by atoms with E-state index >= 15 is 0 Å². The third kappa shape index (κ3) is 3.27. The monoisotopic (exact) mass is 329 g/mol. The summed E-state index contributed by atoms with van der Waals surface area (Å²) in [7, 11) is 0. The summed E-state index contributed by atoms with van der Waals surface area (Å²) in [5.41, 5.74) is 0.662. The van der Waals surface area contributed by atoms with Crippen molar-refractivity contribution >= 4 is 33.4 Å². The Labute approximate surface area is 121 Å². The molecule has 4 heteroatoms. The van der Waals surface area contributed by atoms with Gasteiger partial charge < -0.3 is 4.90 Å². The van der Waals surface area contributed by atoms with Crippen LogP contribution in [-0.4, -0.2) is 23.4 Å². The van der Waals surface area contributed by atoms with Gasteiger partial charge in [0.1, 0.15) is 0 Å². The lowest BCUT2D eigenvalue weighted by Crippen LogP contribution is -2.36. The van der Waals surface area contributed by atoms with Crippen LogP contribution in [0.25, 0.3) is 0 Å². The van der Waals surface area contributed by atoms with Gasteiger partial charge in [0.25, 0.3) is 5.91 Å². The molecule has 0 saturated heterocycles. The molecular formula is C14H17BrClNO. The molecule has 2 rings (SSSR count). The van der Waals surface area contributed by atoms with Gasteiger partial charge in [-0.05, 0) is 52.9 Å². The molecule has 0 spiro atoms. The van der Waals surface area contributed by atoms with Crippen LogP contribution in [0.5, 0.6) is 0 Å². The van der Waals surface area contributed by atoms with Crippen LogP contribution in [0.1, 0.15) is 37.0 Å². The maximum absolute atomic E-state index is 12.6. The molecule has 1 amide bonds. The topological polar surface area (TPSA) is 20.3 Å². The molecule has 0 radical (unpaired) electrons. The number of rotatable bonds is 4. The van der Waals surface area contributed by atoms with E-state index in [1.165, 1.54) is 0 Å². The number of hydrogen-bond acceptors (Lipinski definition) is 1. The molecule has 1 aromatic carbocycles. The lowest BCUT2D eigenvalue weighted by Gasteiger charge is -2.25. The second kappa shape index (κ2) is 5.62. The molecule has 1 saturated carbocycles. The van der Waals surface area contributed by atoms with Crippen LogP contribution in [-0.2, 0) is 0 Å². The average molecular weight is 331 g/mol. The van der Waals surface area contributed by atoms with Gasteiger partial charge in [0, 0.05) is 22.1 Å². The van der Waals surface area contributed by atoms with E-state index in [1.54, 1.807) is 12.1 Å². The molecule has 0 unspecified atom stereocenters. The lowest BCUT2D eigenvalue weighted by molar-refractivity contribution is 0.0721. The maximum Gasteiger partial charge on any atom is 0.255 e. The summed E-state index contributed by atoms with van der Waals surface area (Å²) in [4.78, 5) is 14.6. The molecule has 2 nitrogen and oxygen atoms in total. The number of carbonyl (C=O) groups excluding carboxylic acids is 1. The number of carbonyl (C=O) groups is 1. The molecule has 0 N–H and O–H groups in total. The SMILES string of the molecule is CC(C)CN(C(=O)c1cc(Cl)ccc1Br)C1CC1. The predicted octanol–water partition coefficient (Wildman–Crippen LogP) is 4.36. The van der Waals surface area contributed by atoms with Gasteiger partial charge in [-0.15, -0.1) is 0 Å². The summed E-state index contributed by atoms with van der Waals surface area (Å²) in [6, 6.07) is 5.78. The minimum atomic E-state index is 0.0839. The average Bonchev–Trinajstić information content (AvgIpc) is 3.12. The molecule has 0 aromatic heterocycles. The number of amides is 1. The van der Waals surface area contributed by atoms with Crippen molar-refractivity contribution in [3.63, 3.8) is 0 Å². The molecule has 18 heavy (non-hydrogen) atoms. The number of halogens is 2. The van der Waals surface area contributed by atoms with E-state index in [4.69, 9.17) is 11.6 Å². The van der Waals surface area contributed by atoms with Crippen molar-refractivity contribution in [2.24, 2.45) is 5.92 Å². The summed E-state index contributed by atoms with van der Waals surface area (Å²) < 4.78 is 0.811. The predicted molar refractivity (Wildman–Crippen MR) is 78.0 cm³/mol. The van der Waals surface area contributed by atoms with Gasteiger partial charge >= 0.3 is 0 Å². The van der Waals surface area contributed by atoms with E-state index in [0.29, 0.717) is 22.5 Å². The highest BCUT2D eigenvalue weighted by atomic mass is 79.9. The smallest absolute Gasteiger partial charge is 0.255 e.